The van der Waals surface area contributed by atoms with Gasteiger partial charge >= 0.3 is 5.97 Å². The summed E-state index contributed by atoms with van der Waals surface area (Å²) in [5.41, 5.74) is 0. The van der Waals surface area contributed by atoms with Crippen LogP contribution in [0.3, 0.4) is 0 Å². The molecule has 1 aliphatic heterocycles. The van der Waals surface area contributed by atoms with E-state index in [-0.39, 0.29) is 30.8 Å². The lowest BCUT2D eigenvalue weighted by Gasteiger charge is -2.16. The Labute approximate surface area is 123 Å². The van der Waals surface area contributed by atoms with Gasteiger partial charge in [-0.2, -0.15) is 0 Å². The highest BCUT2D eigenvalue weighted by Crippen LogP contribution is 2.16. The molecule has 0 bridgehead atoms. The Balaban J connectivity index is 1.74. The number of amides is 1. The highest BCUT2D eigenvalue weighted by molar-refractivity contribution is 5.81. The third-order valence-electron chi connectivity index (χ3n) is 3.19. The van der Waals surface area contributed by atoms with Crippen LogP contribution in [0.25, 0.3) is 0 Å². The fraction of sp³-hybridized carbons (Fsp3) is 0.571. The number of hydrogen-bond acceptors (Lipinski definition) is 6. The zero-order chi connectivity index (χ0) is 15.1. The van der Waals surface area contributed by atoms with Crippen LogP contribution in [0.1, 0.15) is 26.2 Å². The molecule has 1 amide bonds. The Bertz CT molecular complexity index is 480. The zero-order valence-corrected chi connectivity index (χ0v) is 12.0. The second-order valence-electron chi connectivity index (χ2n) is 4.72. The molecule has 0 saturated carbocycles. The first-order chi connectivity index (χ1) is 10.2. The molecule has 1 aromatic heterocycles. The molecular weight excluding hydrogens is 274 g/mol. The SMILES string of the molecule is CCOC(=O)CCC(=O)N1CCC(Oc2ccncn2)C1. The van der Waals surface area contributed by atoms with Crippen molar-refractivity contribution >= 4 is 11.9 Å². The van der Waals surface area contributed by atoms with Crippen molar-refractivity contribution in [3.8, 4) is 5.88 Å². The van der Waals surface area contributed by atoms with Gasteiger partial charge in [0.05, 0.1) is 19.6 Å². The van der Waals surface area contributed by atoms with Crippen LogP contribution in [-0.2, 0) is 14.3 Å². The third kappa shape index (κ3) is 4.70. The molecule has 0 radical (unpaired) electrons. The van der Waals surface area contributed by atoms with Gasteiger partial charge in [-0.05, 0) is 6.92 Å². The lowest BCUT2D eigenvalue weighted by atomic mass is 10.3. The van der Waals surface area contributed by atoms with Gasteiger partial charge in [0, 0.05) is 31.6 Å². The molecule has 0 aliphatic carbocycles. The number of esters is 1. The van der Waals surface area contributed by atoms with Gasteiger partial charge in [0.2, 0.25) is 11.8 Å². The molecule has 7 nitrogen and oxygen atoms in total. The molecule has 21 heavy (non-hydrogen) atoms. The van der Waals surface area contributed by atoms with Crippen LogP contribution in [0, 0.1) is 0 Å². The van der Waals surface area contributed by atoms with Crippen LogP contribution in [-0.4, -0.2) is 52.5 Å². The summed E-state index contributed by atoms with van der Waals surface area (Å²) in [5.74, 6) is 0.131. The number of likely N-dealkylation sites (tertiary alicyclic amines) is 1. The molecule has 1 fully saturated rings. The number of nitrogens with zero attached hydrogens (tertiary/aromatic N) is 3. The van der Waals surface area contributed by atoms with Gasteiger partial charge in [-0.1, -0.05) is 0 Å². The van der Waals surface area contributed by atoms with E-state index >= 15 is 0 Å². The molecule has 7 heteroatoms. The van der Waals surface area contributed by atoms with E-state index in [0.717, 1.165) is 6.42 Å². The van der Waals surface area contributed by atoms with Gasteiger partial charge in [0.25, 0.3) is 0 Å². The standard InChI is InChI=1S/C14H19N3O4/c1-2-20-14(19)4-3-13(18)17-8-6-11(9-17)21-12-5-7-15-10-16-12/h5,7,10-11H,2-4,6,8-9H2,1H3. The molecule has 1 atom stereocenters. The van der Waals surface area contributed by atoms with Gasteiger partial charge in [0.15, 0.2) is 0 Å². The van der Waals surface area contributed by atoms with Crippen molar-refractivity contribution in [3.05, 3.63) is 18.6 Å². The molecule has 0 aromatic carbocycles. The minimum absolute atomic E-state index is 0.0446. The van der Waals surface area contributed by atoms with Crippen molar-refractivity contribution in [2.24, 2.45) is 0 Å². The summed E-state index contributed by atoms with van der Waals surface area (Å²) in [6, 6.07) is 1.69. The molecule has 1 aliphatic rings. The Morgan fingerprint density at radius 2 is 2.29 bits per heavy atom. The smallest absolute Gasteiger partial charge is 0.306 e. The average Bonchev–Trinajstić information content (AvgIpc) is 2.95. The van der Waals surface area contributed by atoms with Crippen molar-refractivity contribution in [1.29, 1.82) is 0 Å². The van der Waals surface area contributed by atoms with E-state index in [2.05, 4.69) is 9.97 Å². The summed E-state index contributed by atoms with van der Waals surface area (Å²) >= 11 is 0. The largest absolute Gasteiger partial charge is 0.472 e. The molecule has 0 N–H and O–H groups in total. The number of ether oxygens (including phenoxy) is 2. The maximum absolute atomic E-state index is 12.0. The Morgan fingerprint density at radius 1 is 1.43 bits per heavy atom. The first-order valence-electron chi connectivity index (χ1n) is 7.05. The summed E-state index contributed by atoms with van der Waals surface area (Å²) in [4.78, 5) is 32.8. The molecule has 2 heterocycles. The molecular formula is C14H19N3O4. The van der Waals surface area contributed by atoms with E-state index in [9.17, 15) is 9.59 Å². The molecule has 2 rings (SSSR count). The Hall–Kier alpha value is -2.18. The number of hydrogen-bond donors (Lipinski definition) is 0. The third-order valence-corrected chi connectivity index (χ3v) is 3.19. The van der Waals surface area contributed by atoms with Crippen LogP contribution in [0.4, 0.5) is 0 Å². The summed E-state index contributed by atoms with van der Waals surface area (Å²) in [7, 11) is 0. The van der Waals surface area contributed by atoms with E-state index in [1.807, 2.05) is 0 Å². The van der Waals surface area contributed by atoms with Crippen molar-refractivity contribution in [2.45, 2.75) is 32.3 Å². The van der Waals surface area contributed by atoms with Crippen LogP contribution in [0.2, 0.25) is 0 Å². The number of rotatable bonds is 6. The summed E-state index contributed by atoms with van der Waals surface area (Å²) in [6.07, 6.45) is 4.03. The minimum atomic E-state index is -0.334. The van der Waals surface area contributed by atoms with Gasteiger partial charge in [0.1, 0.15) is 12.4 Å². The second kappa shape index (κ2) is 7.56. The predicted octanol–water partition coefficient (Wildman–Crippen LogP) is 0.800. The topological polar surface area (TPSA) is 81.6 Å². The highest BCUT2D eigenvalue weighted by Gasteiger charge is 2.27. The van der Waals surface area contributed by atoms with Crippen LogP contribution in [0.5, 0.6) is 5.88 Å². The van der Waals surface area contributed by atoms with E-state index in [0.29, 0.717) is 25.6 Å². The van der Waals surface area contributed by atoms with Gasteiger partial charge in [-0.15, -0.1) is 0 Å². The maximum atomic E-state index is 12.0. The lowest BCUT2D eigenvalue weighted by molar-refractivity contribution is -0.145. The maximum Gasteiger partial charge on any atom is 0.306 e. The highest BCUT2D eigenvalue weighted by atomic mass is 16.5. The van der Waals surface area contributed by atoms with E-state index in [1.54, 1.807) is 24.1 Å². The van der Waals surface area contributed by atoms with E-state index in [4.69, 9.17) is 9.47 Å². The van der Waals surface area contributed by atoms with Crippen molar-refractivity contribution in [2.75, 3.05) is 19.7 Å². The summed E-state index contributed by atoms with van der Waals surface area (Å²) in [5, 5.41) is 0. The monoisotopic (exact) mass is 293 g/mol. The number of carbonyl (C=O) groups is 2. The first kappa shape index (κ1) is 15.2. The van der Waals surface area contributed by atoms with Crippen LogP contribution in [0.15, 0.2) is 18.6 Å². The molecule has 1 unspecified atom stereocenters. The average molecular weight is 293 g/mol. The fourth-order valence-corrected chi connectivity index (χ4v) is 2.17. The predicted molar refractivity (Wildman–Crippen MR) is 73.5 cm³/mol. The quantitative estimate of drug-likeness (QED) is 0.722. The van der Waals surface area contributed by atoms with E-state index in [1.165, 1.54) is 6.33 Å². The van der Waals surface area contributed by atoms with Crippen LogP contribution >= 0.6 is 0 Å². The molecule has 114 valence electrons. The first-order valence-corrected chi connectivity index (χ1v) is 7.05. The molecule has 1 saturated heterocycles. The van der Waals surface area contributed by atoms with E-state index < -0.39 is 0 Å². The minimum Gasteiger partial charge on any atom is -0.472 e. The van der Waals surface area contributed by atoms with Crippen molar-refractivity contribution in [1.82, 2.24) is 14.9 Å². The van der Waals surface area contributed by atoms with Gasteiger partial charge in [-0.3, -0.25) is 9.59 Å². The number of carbonyl (C=O) groups excluding carboxylic acids is 2. The zero-order valence-electron chi connectivity index (χ0n) is 12.0. The lowest BCUT2D eigenvalue weighted by Crippen LogP contribution is -2.31. The molecule has 1 aromatic rings. The summed E-state index contributed by atoms with van der Waals surface area (Å²) < 4.78 is 10.5. The van der Waals surface area contributed by atoms with Crippen molar-refractivity contribution in [3.63, 3.8) is 0 Å². The van der Waals surface area contributed by atoms with Gasteiger partial charge < -0.3 is 14.4 Å². The van der Waals surface area contributed by atoms with Gasteiger partial charge in [-0.25, -0.2) is 9.97 Å². The summed E-state index contributed by atoms with van der Waals surface area (Å²) in [6.45, 7) is 3.24. The normalized spacial score (nSPS) is 17.6. The second-order valence-corrected chi connectivity index (χ2v) is 4.72. The molecule has 0 spiro atoms. The fourth-order valence-electron chi connectivity index (χ4n) is 2.17. The number of aromatic nitrogens is 2. The Morgan fingerprint density at radius 3 is 3.00 bits per heavy atom. The van der Waals surface area contributed by atoms with Crippen LogP contribution < -0.4 is 4.74 Å². The Kier molecular flexibility index (Phi) is 5.48. The van der Waals surface area contributed by atoms with Crippen molar-refractivity contribution < 1.29 is 19.1 Å².